The maximum atomic E-state index is 8.67. The molecule has 2 rings (SSSR count). The van der Waals surface area contributed by atoms with Crippen molar-refractivity contribution >= 4 is 23.0 Å². The number of rotatable bonds is 3. The molecule has 96 valence electrons. The number of hydrogen-bond acceptors (Lipinski definition) is 4. The molecule has 4 nitrogen and oxygen atoms in total. The molecular weight excluding hydrogens is 272 g/mol. The monoisotopic (exact) mass is 280 g/mol. The van der Waals surface area contributed by atoms with E-state index in [-0.39, 0.29) is 5.71 Å². The van der Waals surface area contributed by atoms with Gasteiger partial charge in [-0.3, -0.25) is 5.43 Å². The summed E-state index contributed by atoms with van der Waals surface area (Å²) in [5, 5.41) is 21.7. The molecule has 0 spiro atoms. The highest BCUT2D eigenvalue weighted by Gasteiger charge is 2.05. The van der Waals surface area contributed by atoms with E-state index in [0.717, 1.165) is 11.1 Å². The summed E-state index contributed by atoms with van der Waals surface area (Å²) >= 11 is 5.99. The van der Waals surface area contributed by atoms with E-state index in [4.69, 9.17) is 22.1 Å². The normalized spacial score (nSPS) is 9.15. The van der Waals surface area contributed by atoms with Crippen LogP contribution < -0.4 is 5.43 Å². The predicted molar refractivity (Wildman–Crippen MR) is 79.2 cm³/mol. The number of anilines is 1. The van der Waals surface area contributed by atoms with Gasteiger partial charge in [-0.2, -0.15) is 15.6 Å². The Morgan fingerprint density at radius 1 is 1.05 bits per heavy atom. The van der Waals surface area contributed by atoms with Crippen LogP contribution in [0.5, 0.6) is 0 Å². The third kappa shape index (κ3) is 3.14. The van der Waals surface area contributed by atoms with E-state index in [1.807, 2.05) is 42.5 Å². The minimum Gasteiger partial charge on any atom is -0.276 e. The fourth-order valence-corrected chi connectivity index (χ4v) is 1.87. The number of nitrogens with zero attached hydrogens (tertiary/aromatic N) is 3. The quantitative estimate of drug-likeness (QED) is 0.686. The van der Waals surface area contributed by atoms with E-state index in [2.05, 4.69) is 10.5 Å². The molecular formula is C15H9ClN4. The molecule has 2 aromatic rings. The van der Waals surface area contributed by atoms with E-state index < -0.39 is 0 Å². The first-order valence-electron chi connectivity index (χ1n) is 5.73. The Kier molecular flexibility index (Phi) is 4.34. The number of hydrogen-bond donors (Lipinski definition) is 1. The van der Waals surface area contributed by atoms with Crippen LogP contribution >= 0.6 is 11.6 Å². The summed E-state index contributed by atoms with van der Waals surface area (Å²) in [6.45, 7) is 0. The van der Waals surface area contributed by atoms with Crippen molar-refractivity contribution in [2.75, 3.05) is 5.43 Å². The molecule has 0 heterocycles. The number of nitriles is 2. The van der Waals surface area contributed by atoms with Gasteiger partial charge < -0.3 is 0 Å². The lowest BCUT2D eigenvalue weighted by Crippen LogP contribution is -1.97. The molecule has 0 bridgehead atoms. The molecule has 2 aromatic carbocycles. The van der Waals surface area contributed by atoms with Gasteiger partial charge in [-0.15, -0.1) is 0 Å². The average molecular weight is 281 g/mol. The molecule has 1 N–H and O–H groups in total. The summed E-state index contributed by atoms with van der Waals surface area (Å²) in [6, 6.07) is 18.2. The van der Waals surface area contributed by atoms with Crippen molar-refractivity contribution in [2.24, 2.45) is 5.10 Å². The van der Waals surface area contributed by atoms with E-state index >= 15 is 0 Å². The van der Waals surface area contributed by atoms with Gasteiger partial charge in [0.15, 0.2) is 0 Å². The Morgan fingerprint density at radius 3 is 2.50 bits per heavy atom. The van der Waals surface area contributed by atoms with Crippen molar-refractivity contribution in [1.82, 2.24) is 0 Å². The molecule has 0 radical (unpaired) electrons. The van der Waals surface area contributed by atoms with Crippen molar-refractivity contribution in [1.29, 1.82) is 10.5 Å². The van der Waals surface area contributed by atoms with Crippen LogP contribution in [0.4, 0.5) is 5.69 Å². The fourth-order valence-electron chi connectivity index (χ4n) is 1.68. The summed E-state index contributed by atoms with van der Waals surface area (Å²) in [6.07, 6.45) is 0. The first kappa shape index (κ1) is 13.6. The van der Waals surface area contributed by atoms with Crippen molar-refractivity contribution in [3.8, 4) is 23.3 Å². The minimum atomic E-state index is -0.231. The third-order valence-corrected chi connectivity index (χ3v) is 2.80. The fraction of sp³-hybridized carbons (Fsp3) is 0. The molecule has 0 aromatic heterocycles. The third-order valence-electron chi connectivity index (χ3n) is 2.56. The van der Waals surface area contributed by atoms with Crippen LogP contribution in [0, 0.1) is 22.7 Å². The van der Waals surface area contributed by atoms with Crippen molar-refractivity contribution in [3.05, 3.63) is 53.6 Å². The molecule has 0 saturated carbocycles. The molecule has 0 aliphatic carbocycles. The second-order valence-electron chi connectivity index (χ2n) is 3.85. The highest BCUT2D eigenvalue weighted by Crippen LogP contribution is 2.29. The lowest BCUT2D eigenvalue weighted by atomic mass is 10.0. The Hall–Kier alpha value is -2.82. The smallest absolute Gasteiger partial charge is 0.237 e. The van der Waals surface area contributed by atoms with Crippen molar-refractivity contribution in [3.63, 3.8) is 0 Å². The van der Waals surface area contributed by atoms with E-state index in [9.17, 15) is 0 Å². The van der Waals surface area contributed by atoms with Gasteiger partial charge in [-0.05, 0) is 23.8 Å². The highest BCUT2D eigenvalue weighted by molar-refractivity contribution is 6.30. The molecule has 0 aliphatic rings. The van der Waals surface area contributed by atoms with Crippen LogP contribution in [0.3, 0.4) is 0 Å². The topological polar surface area (TPSA) is 72.0 Å². The Bertz CT molecular complexity index is 722. The summed E-state index contributed by atoms with van der Waals surface area (Å²) < 4.78 is 0. The molecule has 20 heavy (non-hydrogen) atoms. The number of nitrogens with one attached hydrogen (secondary N) is 1. The van der Waals surface area contributed by atoms with Gasteiger partial charge in [0.25, 0.3) is 0 Å². The lowest BCUT2D eigenvalue weighted by molar-refractivity contribution is 1.34. The van der Waals surface area contributed by atoms with Gasteiger partial charge in [0.05, 0.1) is 5.69 Å². The van der Waals surface area contributed by atoms with Crippen molar-refractivity contribution < 1.29 is 0 Å². The van der Waals surface area contributed by atoms with E-state index in [1.54, 1.807) is 18.2 Å². The summed E-state index contributed by atoms with van der Waals surface area (Å²) in [7, 11) is 0. The maximum absolute atomic E-state index is 8.67. The summed E-state index contributed by atoms with van der Waals surface area (Å²) in [5.74, 6) is 0. The first-order chi connectivity index (χ1) is 9.74. The van der Waals surface area contributed by atoms with Gasteiger partial charge in [-0.25, -0.2) is 0 Å². The molecule has 0 unspecified atom stereocenters. The molecule has 0 atom stereocenters. The standard InChI is InChI=1S/C15H9ClN4/c16-12-5-3-4-11(8-12)14-6-1-2-7-15(14)20-19-13(9-17)10-18/h1-8,20H. The van der Waals surface area contributed by atoms with Gasteiger partial charge >= 0.3 is 0 Å². The zero-order valence-corrected chi connectivity index (χ0v) is 11.1. The van der Waals surface area contributed by atoms with Crippen molar-refractivity contribution in [2.45, 2.75) is 0 Å². The number of benzene rings is 2. The molecule has 0 amide bonds. The van der Waals surface area contributed by atoms with Crippen LogP contribution in [0.2, 0.25) is 5.02 Å². The summed E-state index contributed by atoms with van der Waals surface area (Å²) in [5.41, 5.74) is 5.00. The van der Waals surface area contributed by atoms with Crippen LogP contribution in [0.25, 0.3) is 11.1 Å². The lowest BCUT2D eigenvalue weighted by Gasteiger charge is -2.09. The first-order valence-corrected chi connectivity index (χ1v) is 6.11. The largest absolute Gasteiger partial charge is 0.276 e. The predicted octanol–water partition coefficient (Wildman–Crippen LogP) is 3.82. The Balaban J connectivity index is 2.40. The van der Waals surface area contributed by atoms with Gasteiger partial charge in [0.1, 0.15) is 12.1 Å². The van der Waals surface area contributed by atoms with Crippen LogP contribution in [-0.2, 0) is 0 Å². The van der Waals surface area contributed by atoms with Crippen LogP contribution in [-0.4, -0.2) is 5.71 Å². The van der Waals surface area contributed by atoms with E-state index in [1.165, 1.54) is 0 Å². The molecule has 0 saturated heterocycles. The van der Waals surface area contributed by atoms with Gasteiger partial charge in [-0.1, -0.05) is 41.9 Å². The number of para-hydroxylation sites is 1. The Labute approximate surface area is 121 Å². The van der Waals surface area contributed by atoms with Gasteiger partial charge in [0.2, 0.25) is 5.71 Å². The van der Waals surface area contributed by atoms with Gasteiger partial charge in [0, 0.05) is 10.6 Å². The number of hydrazone groups is 1. The average Bonchev–Trinajstić information content (AvgIpc) is 2.49. The summed E-state index contributed by atoms with van der Waals surface area (Å²) in [4.78, 5) is 0. The highest BCUT2D eigenvalue weighted by atomic mass is 35.5. The second kappa shape index (κ2) is 6.38. The molecule has 0 fully saturated rings. The SMILES string of the molecule is N#CC(C#N)=NNc1ccccc1-c1cccc(Cl)c1. The van der Waals surface area contributed by atoms with Crippen LogP contribution in [0.15, 0.2) is 53.6 Å². The number of halogens is 1. The van der Waals surface area contributed by atoms with E-state index in [0.29, 0.717) is 10.7 Å². The zero-order valence-electron chi connectivity index (χ0n) is 10.3. The maximum Gasteiger partial charge on any atom is 0.237 e. The van der Waals surface area contributed by atoms with Crippen LogP contribution in [0.1, 0.15) is 0 Å². The minimum absolute atomic E-state index is 0.231. The zero-order chi connectivity index (χ0) is 14.4. The second-order valence-corrected chi connectivity index (χ2v) is 4.29. The Morgan fingerprint density at radius 2 is 1.80 bits per heavy atom. The molecule has 5 heteroatoms. The molecule has 0 aliphatic heterocycles.